The van der Waals surface area contributed by atoms with E-state index >= 15 is 0 Å². The average molecular weight is 526 g/mol. The SMILES string of the molecule is COC1CCC(OC(=O)[C@H]2CC[C@@H]3Cc4cn(C(C)C)c5cccc(c45)[C@H]3C2)CC1.O=C(O)/C=C\C(=O)O. The number of hydrogen-bond acceptors (Lipinski definition) is 5. The number of esters is 1. The standard InChI is InChI=1S/C26H35NO3.C4H4O4/c1-16(2)27-15-19-13-17-7-8-18(14-23(17)22-5-4-6-24(27)25(19)22)26(28)30-21-11-9-20(29-3)10-12-21;5-3(6)1-2-4(7)8/h4-6,15-18,20-21,23H,7-14H2,1-3H3;1-2H,(H,5,6)(H,7,8)/b;2-1-/t17-,18+,20?,21?,23+;/m1./s1. The second-order valence-electron chi connectivity index (χ2n) is 11.1. The smallest absolute Gasteiger partial charge is 0.328 e. The van der Waals surface area contributed by atoms with Crippen molar-refractivity contribution in [1.82, 2.24) is 4.57 Å². The minimum atomic E-state index is -1.26. The van der Waals surface area contributed by atoms with Gasteiger partial charge in [0.2, 0.25) is 0 Å². The van der Waals surface area contributed by atoms with Crippen LogP contribution in [0.5, 0.6) is 0 Å². The fraction of sp³-hybridized carbons (Fsp3) is 0.567. The summed E-state index contributed by atoms with van der Waals surface area (Å²) in [5.41, 5.74) is 4.33. The van der Waals surface area contributed by atoms with Crippen LogP contribution in [0.4, 0.5) is 0 Å². The minimum absolute atomic E-state index is 0.0482. The Morgan fingerprint density at radius 3 is 2.24 bits per heavy atom. The number of aromatic nitrogens is 1. The van der Waals surface area contributed by atoms with Gasteiger partial charge in [-0.05, 0) is 94.2 Å². The lowest BCUT2D eigenvalue weighted by Crippen LogP contribution is -2.34. The number of carboxylic acid groups (broad SMARTS) is 2. The second-order valence-corrected chi connectivity index (χ2v) is 11.1. The minimum Gasteiger partial charge on any atom is -0.478 e. The molecule has 1 aromatic carbocycles. The van der Waals surface area contributed by atoms with Crippen molar-refractivity contribution >= 4 is 28.8 Å². The molecule has 0 aliphatic heterocycles. The third kappa shape index (κ3) is 6.29. The number of benzene rings is 1. The van der Waals surface area contributed by atoms with E-state index in [9.17, 15) is 14.4 Å². The summed E-state index contributed by atoms with van der Waals surface area (Å²) >= 11 is 0. The van der Waals surface area contributed by atoms with Gasteiger partial charge in [-0.3, -0.25) is 4.79 Å². The van der Waals surface area contributed by atoms with E-state index in [1.54, 1.807) is 7.11 Å². The van der Waals surface area contributed by atoms with E-state index < -0.39 is 11.9 Å². The van der Waals surface area contributed by atoms with Crippen LogP contribution < -0.4 is 0 Å². The van der Waals surface area contributed by atoms with Gasteiger partial charge in [-0.25, -0.2) is 9.59 Å². The Kier molecular flexibility index (Phi) is 8.92. The molecule has 2 N–H and O–H groups in total. The summed E-state index contributed by atoms with van der Waals surface area (Å²) in [4.78, 5) is 32.1. The molecule has 0 unspecified atom stereocenters. The monoisotopic (exact) mass is 525 g/mol. The fourth-order valence-corrected chi connectivity index (χ4v) is 6.46. The van der Waals surface area contributed by atoms with Gasteiger partial charge in [0, 0.05) is 42.4 Å². The molecule has 1 aromatic heterocycles. The van der Waals surface area contributed by atoms with Crippen LogP contribution in [-0.4, -0.2) is 52.0 Å². The number of fused-ring (bicyclic) bond motifs is 2. The Bertz CT molecular complexity index is 1170. The third-order valence-electron chi connectivity index (χ3n) is 8.34. The number of nitrogens with zero attached hydrogens (tertiary/aromatic N) is 1. The van der Waals surface area contributed by atoms with Crippen LogP contribution >= 0.6 is 0 Å². The van der Waals surface area contributed by atoms with E-state index in [1.807, 2.05) is 0 Å². The summed E-state index contributed by atoms with van der Waals surface area (Å²) in [6.45, 7) is 4.51. The number of carbonyl (C=O) groups is 3. The van der Waals surface area contributed by atoms with Crippen molar-refractivity contribution in [1.29, 1.82) is 0 Å². The zero-order valence-electron chi connectivity index (χ0n) is 22.5. The Hall–Kier alpha value is -3.13. The molecule has 2 saturated carbocycles. The summed E-state index contributed by atoms with van der Waals surface area (Å²) in [5.74, 6) is -1.27. The quantitative estimate of drug-likeness (QED) is 0.378. The first-order chi connectivity index (χ1) is 18.2. The molecule has 3 aliphatic rings. The molecule has 2 fully saturated rings. The van der Waals surface area contributed by atoms with Gasteiger partial charge in [0.05, 0.1) is 12.0 Å². The Balaban J connectivity index is 0.000000368. The molecule has 1 heterocycles. The maximum absolute atomic E-state index is 13.0. The highest BCUT2D eigenvalue weighted by atomic mass is 16.5. The Morgan fingerprint density at radius 1 is 0.974 bits per heavy atom. The molecule has 0 radical (unpaired) electrons. The summed E-state index contributed by atoms with van der Waals surface area (Å²) in [6, 6.07) is 7.24. The van der Waals surface area contributed by atoms with E-state index in [-0.39, 0.29) is 18.0 Å². The van der Waals surface area contributed by atoms with Gasteiger partial charge in [-0.15, -0.1) is 0 Å². The lowest BCUT2D eigenvalue weighted by atomic mass is 9.66. The molecule has 0 bridgehead atoms. The number of methoxy groups -OCH3 is 1. The molecule has 2 aromatic rings. The van der Waals surface area contributed by atoms with Crippen molar-refractivity contribution in [3.8, 4) is 0 Å². The van der Waals surface area contributed by atoms with E-state index in [1.165, 1.54) is 22.0 Å². The first-order valence-corrected chi connectivity index (χ1v) is 13.7. The molecule has 8 nitrogen and oxygen atoms in total. The second kappa shape index (κ2) is 12.2. The highest BCUT2D eigenvalue weighted by Gasteiger charge is 2.40. The topological polar surface area (TPSA) is 115 Å². The average Bonchev–Trinajstić information content (AvgIpc) is 3.28. The summed E-state index contributed by atoms with van der Waals surface area (Å²) in [5, 5.41) is 17.1. The highest BCUT2D eigenvalue weighted by molar-refractivity contribution is 5.90. The van der Waals surface area contributed by atoms with E-state index in [0.717, 1.165) is 51.4 Å². The van der Waals surface area contributed by atoms with Gasteiger partial charge in [0.15, 0.2) is 0 Å². The molecule has 3 aliphatic carbocycles. The first-order valence-electron chi connectivity index (χ1n) is 13.7. The van der Waals surface area contributed by atoms with E-state index in [4.69, 9.17) is 19.7 Å². The largest absolute Gasteiger partial charge is 0.478 e. The molecule has 8 heteroatoms. The van der Waals surface area contributed by atoms with Gasteiger partial charge < -0.3 is 24.3 Å². The van der Waals surface area contributed by atoms with Crippen molar-refractivity contribution in [2.45, 2.75) is 89.4 Å². The predicted octanol–water partition coefficient (Wildman–Crippen LogP) is 5.49. The number of ether oxygens (including phenoxy) is 2. The number of carbonyl (C=O) groups excluding carboxylic acids is 1. The summed E-state index contributed by atoms with van der Waals surface area (Å²) in [7, 11) is 1.78. The Morgan fingerprint density at radius 2 is 1.63 bits per heavy atom. The van der Waals surface area contributed by atoms with Gasteiger partial charge in [0.1, 0.15) is 6.10 Å². The molecule has 0 amide bonds. The van der Waals surface area contributed by atoms with Crippen molar-refractivity contribution < 1.29 is 34.1 Å². The van der Waals surface area contributed by atoms with E-state index in [2.05, 4.69) is 42.8 Å². The van der Waals surface area contributed by atoms with Gasteiger partial charge in [0.25, 0.3) is 0 Å². The molecule has 206 valence electrons. The molecule has 3 atom stereocenters. The van der Waals surface area contributed by atoms with Crippen molar-refractivity contribution in [2.75, 3.05) is 7.11 Å². The van der Waals surface area contributed by atoms with Gasteiger partial charge in [-0.1, -0.05) is 12.1 Å². The zero-order valence-corrected chi connectivity index (χ0v) is 22.5. The number of carboxylic acids is 2. The molecule has 0 saturated heterocycles. The predicted molar refractivity (Wildman–Crippen MR) is 143 cm³/mol. The summed E-state index contributed by atoms with van der Waals surface area (Å²) < 4.78 is 13.9. The van der Waals surface area contributed by atoms with Crippen LogP contribution in [-0.2, 0) is 30.3 Å². The normalized spacial score (nSPS) is 26.5. The van der Waals surface area contributed by atoms with Crippen LogP contribution in [0.1, 0.15) is 81.9 Å². The summed E-state index contributed by atoms with van der Waals surface area (Å²) in [6.07, 6.45) is 12.0. The van der Waals surface area contributed by atoms with E-state index in [0.29, 0.717) is 36.1 Å². The van der Waals surface area contributed by atoms with Gasteiger partial charge >= 0.3 is 17.9 Å². The highest BCUT2D eigenvalue weighted by Crippen LogP contribution is 2.49. The van der Waals surface area contributed by atoms with Crippen LogP contribution in [0.25, 0.3) is 10.9 Å². The first kappa shape index (κ1) is 27.9. The molecule has 38 heavy (non-hydrogen) atoms. The molecular formula is C30H39NO7. The van der Waals surface area contributed by atoms with Crippen LogP contribution in [0.2, 0.25) is 0 Å². The molecular weight excluding hydrogens is 486 g/mol. The zero-order chi connectivity index (χ0) is 27.4. The maximum Gasteiger partial charge on any atom is 0.328 e. The van der Waals surface area contributed by atoms with Crippen molar-refractivity contribution in [3.05, 3.63) is 47.7 Å². The number of rotatable bonds is 6. The van der Waals surface area contributed by atoms with Crippen molar-refractivity contribution in [2.24, 2.45) is 11.8 Å². The lowest BCUT2D eigenvalue weighted by molar-refractivity contribution is -0.158. The van der Waals surface area contributed by atoms with Gasteiger partial charge in [-0.2, -0.15) is 0 Å². The lowest BCUT2D eigenvalue weighted by Gasteiger charge is -2.39. The third-order valence-corrected chi connectivity index (χ3v) is 8.34. The van der Waals surface area contributed by atoms with Crippen LogP contribution in [0.15, 0.2) is 36.5 Å². The molecule has 5 rings (SSSR count). The number of hydrogen-bond donors (Lipinski definition) is 2. The maximum atomic E-state index is 13.0. The van der Waals surface area contributed by atoms with Crippen molar-refractivity contribution in [3.63, 3.8) is 0 Å². The number of aliphatic carboxylic acids is 2. The Labute approximate surface area is 223 Å². The molecule has 0 spiro atoms. The fourth-order valence-electron chi connectivity index (χ4n) is 6.46. The van der Waals surface area contributed by atoms with Crippen LogP contribution in [0, 0.1) is 11.8 Å². The van der Waals surface area contributed by atoms with Crippen LogP contribution in [0.3, 0.4) is 0 Å².